The molecule has 5 heteroatoms. The lowest BCUT2D eigenvalue weighted by Crippen LogP contribution is -2.26. The van der Waals surface area contributed by atoms with E-state index < -0.39 is 0 Å². The maximum absolute atomic E-state index is 9.08. The molecule has 2 aromatic rings. The van der Waals surface area contributed by atoms with Gasteiger partial charge in [0.15, 0.2) is 0 Å². The number of fused-ring (bicyclic) bond motifs is 1. The highest BCUT2D eigenvalue weighted by atomic mass is 35.5. The monoisotopic (exact) mass is 289 g/mol. The Balaban J connectivity index is 2.13. The number of hydrogen-bond acceptors (Lipinski definition) is 3. The molecule has 20 heavy (non-hydrogen) atoms. The molecule has 1 aromatic heterocycles. The van der Waals surface area contributed by atoms with Gasteiger partial charge in [0.1, 0.15) is 5.82 Å². The third-order valence-corrected chi connectivity index (χ3v) is 4.07. The molecule has 1 saturated heterocycles. The van der Waals surface area contributed by atoms with Crippen LogP contribution in [0.2, 0.25) is 0 Å². The lowest BCUT2D eigenvalue weighted by Gasteiger charge is -2.29. The lowest BCUT2D eigenvalue weighted by atomic mass is 10.0. The molecule has 4 nitrogen and oxygen atoms in total. The van der Waals surface area contributed by atoms with E-state index in [9.17, 15) is 0 Å². The summed E-state index contributed by atoms with van der Waals surface area (Å²) in [7, 11) is 0. The van der Waals surface area contributed by atoms with Crippen LogP contribution in [0.4, 0.5) is 0 Å². The molecule has 104 valence electrons. The Morgan fingerprint density at radius 2 is 2.40 bits per heavy atom. The molecule has 0 N–H and O–H groups in total. The second kappa shape index (κ2) is 5.43. The minimum Gasteiger partial charge on any atom is -0.378 e. The quantitative estimate of drug-likeness (QED) is 0.796. The van der Waals surface area contributed by atoms with Crippen LogP contribution in [0.5, 0.6) is 0 Å². The molecular formula is C15H16ClN3O. The summed E-state index contributed by atoms with van der Waals surface area (Å²) in [5.74, 6) is 1.25. The van der Waals surface area contributed by atoms with Gasteiger partial charge in [0.2, 0.25) is 0 Å². The van der Waals surface area contributed by atoms with Gasteiger partial charge in [-0.25, -0.2) is 4.98 Å². The van der Waals surface area contributed by atoms with Crippen LogP contribution in [0.1, 0.15) is 37.2 Å². The highest BCUT2D eigenvalue weighted by Gasteiger charge is 2.24. The van der Waals surface area contributed by atoms with E-state index in [1.807, 2.05) is 12.1 Å². The summed E-state index contributed by atoms with van der Waals surface area (Å²) in [6.45, 7) is 2.84. The summed E-state index contributed by atoms with van der Waals surface area (Å²) in [5, 5.41) is 9.08. The van der Waals surface area contributed by atoms with Crippen LogP contribution in [0.3, 0.4) is 0 Å². The molecule has 3 rings (SSSR count). The van der Waals surface area contributed by atoms with Crippen molar-refractivity contribution in [2.45, 2.75) is 37.8 Å². The zero-order valence-electron chi connectivity index (χ0n) is 11.3. The molecule has 0 bridgehead atoms. The van der Waals surface area contributed by atoms with Crippen LogP contribution >= 0.6 is 11.6 Å². The number of aromatic nitrogens is 2. The number of benzene rings is 1. The maximum Gasteiger partial charge on any atom is 0.125 e. The third-order valence-electron chi connectivity index (χ3n) is 3.83. The first-order chi connectivity index (χ1) is 9.72. The van der Waals surface area contributed by atoms with E-state index in [2.05, 4.69) is 22.5 Å². The number of imidazole rings is 1. The summed E-state index contributed by atoms with van der Waals surface area (Å²) in [4.78, 5) is 4.59. The molecule has 1 fully saturated rings. The fourth-order valence-electron chi connectivity index (χ4n) is 2.92. The number of ether oxygens (including phenoxy) is 1. The molecule has 1 aliphatic heterocycles. The van der Waals surface area contributed by atoms with Crippen molar-refractivity contribution in [3.8, 4) is 6.07 Å². The topological polar surface area (TPSA) is 50.8 Å². The molecule has 2 heterocycles. The van der Waals surface area contributed by atoms with Gasteiger partial charge in [-0.2, -0.15) is 5.26 Å². The van der Waals surface area contributed by atoms with E-state index >= 15 is 0 Å². The Morgan fingerprint density at radius 3 is 3.10 bits per heavy atom. The summed E-state index contributed by atoms with van der Waals surface area (Å²) >= 11 is 6.05. The maximum atomic E-state index is 9.08. The Kier molecular flexibility index (Phi) is 3.64. The average molecular weight is 290 g/mol. The van der Waals surface area contributed by atoms with Crippen molar-refractivity contribution in [2.24, 2.45) is 0 Å². The Bertz CT molecular complexity index is 674. The number of rotatable bonds is 2. The van der Waals surface area contributed by atoms with E-state index in [0.717, 1.165) is 36.3 Å². The van der Waals surface area contributed by atoms with Crippen molar-refractivity contribution >= 4 is 22.6 Å². The highest BCUT2D eigenvalue weighted by molar-refractivity contribution is 6.16. The second-order valence-corrected chi connectivity index (χ2v) is 5.47. The summed E-state index contributed by atoms with van der Waals surface area (Å²) in [6.07, 6.45) is 2.15. The number of alkyl halides is 1. The zero-order valence-corrected chi connectivity index (χ0v) is 12.1. The van der Waals surface area contributed by atoms with Crippen LogP contribution < -0.4 is 0 Å². The molecule has 2 atom stereocenters. The molecular weight excluding hydrogens is 274 g/mol. The Labute approximate surface area is 122 Å². The van der Waals surface area contributed by atoms with E-state index in [1.54, 1.807) is 6.07 Å². The standard InChI is InChI=1S/C15H16ClN3O/c1-10-6-12(4-5-20-10)19-14-7-11(9-17)2-3-13(14)18-15(19)8-16/h2-3,7,10,12H,4-6,8H2,1H3. The van der Waals surface area contributed by atoms with Gasteiger partial charge < -0.3 is 9.30 Å². The van der Waals surface area contributed by atoms with Gasteiger partial charge in [-0.1, -0.05) is 0 Å². The SMILES string of the molecule is CC1CC(n2c(CCl)nc3ccc(C#N)cc32)CCO1. The predicted molar refractivity (Wildman–Crippen MR) is 77.7 cm³/mol. The summed E-state index contributed by atoms with van der Waals surface area (Å²) in [5.41, 5.74) is 2.55. The molecule has 2 unspecified atom stereocenters. The summed E-state index contributed by atoms with van der Waals surface area (Å²) < 4.78 is 7.81. The molecule has 1 aromatic carbocycles. The van der Waals surface area contributed by atoms with Crippen molar-refractivity contribution in [3.63, 3.8) is 0 Å². The Hall–Kier alpha value is -1.57. The van der Waals surface area contributed by atoms with Gasteiger partial charge in [-0.15, -0.1) is 11.6 Å². The van der Waals surface area contributed by atoms with Gasteiger partial charge in [0, 0.05) is 12.6 Å². The molecule has 0 amide bonds. The van der Waals surface area contributed by atoms with E-state index in [4.69, 9.17) is 21.6 Å². The largest absolute Gasteiger partial charge is 0.378 e. The number of nitrogens with zero attached hydrogens (tertiary/aromatic N) is 3. The molecule has 0 radical (unpaired) electrons. The van der Waals surface area contributed by atoms with Crippen LogP contribution in [-0.4, -0.2) is 22.3 Å². The Morgan fingerprint density at radius 1 is 1.55 bits per heavy atom. The first-order valence-electron chi connectivity index (χ1n) is 6.81. The van der Waals surface area contributed by atoms with Crippen molar-refractivity contribution in [3.05, 3.63) is 29.6 Å². The smallest absolute Gasteiger partial charge is 0.125 e. The van der Waals surface area contributed by atoms with Crippen LogP contribution in [-0.2, 0) is 10.6 Å². The fraction of sp³-hybridized carbons (Fsp3) is 0.467. The highest BCUT2D eigenvalue weighted by Crippen LogP contribution is 2.31. The minimum atomic E-state index is 0.244. The normalized spacial score (nSPS) is 22.9. The summed E-state index contributed by atoms with van der Waals surface area (Å²) in [6, 6.07) is 8.12. The zero-order chi connectivity index (χ0) is 14.1. The lowest BCUT2D eigenvalue weighted by molar-refractivity contribution is 0.00633. The van der Waals surface area contributed by atoms with Crippen LogP contribution in [0.25, 0.3) is 11.0 Å². The molecule has 0 aliphatic carbocycles. The average Bonchev–Trinajstić information content (AvgIpc) is 2.84. The molecule has 0 saturated carbocycles. The van der Waals surface area contributed by atoms with E-state index in [0.29, 0.717) is 17.5 Å². The van der Waals surface area contributed by atoms with E-state index in [1.165, 1.54) is 0 Å². The molecule has 0 spiro atoms. The first-order valence-corrected chi connectivity index (χ1v) is 7.35. The van der Waals surface area contributed by atoms with Crippen molar-refractivity contribution in [2.75, 3.05) is 6.61 Å². The number of hydrogen-bond donors (Lipinski definition) is 0. The van der Waals surface area contributed by atoms with Gasteiger partial charge in [0.05, 0.1) is 34.7 Å². The van der Waals surface area contributed by atoms with Gasteiger partial charge in [0.25, 0.3) is 0 Å². The van der Waals surface area contributed by atoms with Crippen molar-refractivity contribution in [1.82, 2.24) is 9.55 Å². The fourth-order valence-corrected chi connectivity index (χ4v) is 3.11. The van der Waals surface area contributed by atoms with Crippen LogP contribution in [0, 0.1) is 11.3 Å². The minimum absolute atomic E-state index is 0.244. The van der Waals surface area contributed by atoms with Gasteiger partial charge >= 0.3 is 0 Å². The van der Waals surface area contributed by atoms with E-state index in [-0.39, 0.29) is 6.10 Å². The predicted octanol–water partition coefficient (Wildman–Crippen LogP) is 3.39. The first kappa shape index (κ1) is 13.4. The van der Waals surface area contributed by atoms with Crippen LogP contribution in [0.15, 0.2) is 18.2 Å². The van der Waals surface area contributed by atoms with Crippen molar-refractivity contribution in [1.29, 1.82) is 5.26 Å². The van der Waals surface area contributed by atoms with Crippen molar-refractivity contribution < 1.29 is 4.74 Å². The molecule has 1 aliphatic rings. The number of nitriles is 1. The third kappa shape index (κ3) is 2.28. The van der Waals surface area contributed by atoms with Gasteiger partial charge in [-0.05, 0) is 38.0 Å². The van der Waals surface area contributed by atoms with Gasteiger partial charge in [-0.3, -0.25) is 0 Å². The number of halogens is 1. The second-order valence-electron chi connectivity index (χ2n) is 5.21.